The number of anilines is 2. The van der Waals surface area contributed by atoms with Crippen LogP contribution in [-0.4, -0.2) is 78.0 Å². The van der Waals surface area contributed by atoms with Crippen molar-refractivity contribution in [2.75, 3.05) is 55.6 Å². The third-order valence-corrected chi connectivity index (χ3v) is 12.2. The van der Waals surface area contributed by atoms with Crippen molar-refractivity contribution in [3.63, 3.8) is 0 Å². The summed E-state index contributed by atoms with van der Waals surface area (Å²) in [5.74, 6) is 3.09. The maximum atomic E-state index is 13.9. The Balaban J connectivity index is 1.02. The fourth-order valence-corrected chi connectivity index (χ4v) is 9.51. The van der Waals surface area contributed by atoms with Crippen LogP contribution < -0.4 is 9.80 Å². The lowest BCUT2D eigenvalue weighted by Gasteiger charge is -2.54. The first-order valence-corrected chi connectivity index (χ1v) is 16.1. The van der Waals surface area contributed by atoms with Gasteiger partial charge in [0.2, 0.25) is 0 Å². The number of Topliss-reactive ketones (excluding diaryl/α,β-unsaturated/α-hetero) is 1. The SMILES string of the molecule is C[C@]12CCC(=O)C=C1CC[C@@H]1C2=CC[C@@]2(C)[C@H]1CC[C@]2(O)C(=O)CN1CCN(c2cccc(N3CCCC3)n2)CC1. The zero-order chi connectivity index (χ0) is 28.4. The molecule has 4 aliphatic carbocycles. The van der Waals surface area contributed by atoms with Crippen LogP contribution >= 0.6 is 0 Å². The van der Waals surface area contributed by atoms with Gasteiger partial charge in [0, 0.05) is 56.5 Å². The van der Waals surface area contributed by atoms with Crippen LogP contribution in [0, 0.1) is 22.7 Å². The van der Waals surface area contributed by atoms with E-state index in [1.54, 1.807) is 0 Å². The number of rotatable bonds is 5. The van der Waals surface area contributed by atoms with Gasteiger partial charge in [-0.05, 0) is 81.4 Å². The molecule has 0 radical (unpaired) electrons. The number of hydrogen-bond acceptors (Lipinski definition) is 7. The summed E-state index contributed by atoms with van der Waals surface area (Å²) in [4.78, 5) is 38.0. The van der Waals surface area contributed by atoms with Gasteiger partial charge in [0.05, 0.1) is 6.54 Å². The number of nitrogens with zero attached hydrogens (tertiary/aromatic N) is 4. The molecule has 7 heteroatoms. The van der Waals surface area contributed by atoms with Crippen LogP contribution in [0.15, 0.2) is 41.5 Å². The molecule has 0 unspecified atom stereocenters. The van der Waals surface area contributed by atoms with E-state index in [-0.39, 0.29) is 17.0 Å². The lowest BCUT2D eigenvalue weighted by Crippen LogP contribution is -2.58. The quantitative estimate of drug-likeness (QED) is 0.531. The fourth-order valence-electron chi connectivity index (χ4n) is 9.51. The molecule has 1 aromatic heterocycles. The summed E-state index contributed by atoms with van der Waals surface area (Å²) >= 11 is 0. The number of ketones is 2. The van der Waals surface area contributed by atoms with E-state index in [1.807, 2.05) is 6.08 Å². The fraction of sp³-hybridized carbons (Fsp3) is 0.676. The first-order valence-electron chi connectivity index (χ1n) is 16.1. The van der Waals surface area contributed by atoms with Crippen molar-refractivity contribution in [3.8, 4) is 0 Å². The minimum Gasteiger partial charge on any atom is -0.381 e. The Bertz CT molecular complexity index is 1290. The average Bonchev–Trinajstić information content (AvgIpc) is 3.61. The van der Waals surface area contributed by atoms with Crippen molar-refractivity contribution in [1.29, 1.82) is 0 Å². The standard InChI is InChI=1S/C34H46N4O3/c1-32-13-10-25(39)22-24(32)8-9-26-27(32)11-14-33(2)28(26)12-15-34(33,41)29(40)23-36-18-20-38(21-19-36)31-7-5-6-30(35-31)37-16-3-4-17-37/h5-7,11,22,26,28,41H,3-4,8-10,12-21,23H2,1-2H3/t26-,28+,32+,33+,34+/m1/s1. The van der Waals surface area contributed by atoms with Crippen molar-refractivity contribution < 1.29 is 14.7 Å². The van der Waals surface area contributed by atoms with Crippen LogP contribution in [0.4, 0.5) is 11.6 Å². The minimum absolute atomic E-state index is 0.00725. The Morgan fingerprint density at radius 3 is 2.41 bits per heavy atom. The molecule has 4 fully saturated rings. The molecule has 2 saturated heterocycles. The van der Waals surface area contributed by atoms with E-state index in [9.17, 15) is 14.7 Å². The molecule has 0 spiro atoms. The average molecular weight is 559 g/mol. The zero-order valence-corrected chi connectivity index (χ0v) is 24.9. The highest BCUT2D eigenvalue weighted by molar-refractivity contribution is 5.92. The molecule has 0 bridgehead atoms. The third kappa shape index (κ3) is 4.32. The lowest BCUT2D eigenvalue weighted by molar-refractivity contribution is -0.154. The van der Waals surface area contributed by atoms with Gasteiger partial charge >= 0.3 is 0 Å². The highest BCUT2D eigenvalue weighted by Gasteiger charge is 2.64. The highest BCUT2D eigenvalue weighted by atomic mass is 16.3. The largest absolute Gasteiger partial charge is 0.381 e. The zero-order valence-electron chi connectivity index (χ0n) is 24.9. The number of carbonyl (C=O) groups excluding carboxylic acids is 2. The lowest BCUT2D eigenvalue weighted by atomic mass is 9.50. The van der Waals surface area contributed by atoms with E-state index in [4.69, 9.17) is 4.98 Å². The number of hydrogen-bond donors (Lipinski definition) is 1. The molecule has 220 valence electrons. The molecule has 3 heterocycles. The molecule has 41 heavy (non-hydrogen) atoms. The number of fused-ring (bicyclic) bond motifs is 5. The first kappa shape index (κ1) is 27.3. The number of aliphatic hydroxyl groups is 1. The highest BCUT2D eigenvalue weighted by Crippen LogP contribution is 2.65. The van der Waals surface area contributed by atoms with E-state index in [1.165, 1.54) is 24.0 Å². The molecular weight excluding hydrogens is 512 g/mol. The van der Waals surface area contributed by atoms with Crippen LogP contribution in [0.25, 0.3) is 0 Å². The summed E-state index contributed by atoms with van der Waals surface area (Å²) in [7, 11) is 0. The first-order chi connectivity index (χ1) is 19.7. The summed E-state index contributed by atoms with van der Waals surface area (Å²) in [6.07, 6.45) is 12.5. The molecule has 7 nitrogen and oxygen atoms in total. The molecule has 5 atom stereocenters. The second kappa shape index (κ2) is 10.0. The molecule has 6 aliphatic rings. The van der Waals surface area contributed by atoms with Crippen LogP contribution in [-0.2, 0) is 9.59 Å². The van der Waals surface area contributed by atoms with Crippen molar-refractivity contribution in [2.45, 2.75) is 77.2 Å². The number of allylic oxidation sites excluding steroid dienone is 4. The summed E-state index contributed by atoms with van der Waals surface area (Å²) in [6.45, 7) is 10.3. The summed E-state index contributed by atoms with van der Waals surface area (Å²) < 4.78 is 0. The topological polar surface area (TPSA) is 77.0 Å². The molecular formula is C34H46N4O3. The van der Waals surface area contributed by atoms with E-state index in [0.29, 0.717) is 31.2 Å². The van der Waals surface area contributed by atoms with Gasteiger partial charge in [-0.15, -0.1) is 0 Å². The van der Waals surface area contributed by atoms with Gasteiger partial charge in [-0.2, -0.15) is 0 Å². The molecule has 0 amide bonds. The van der Waals surface area contributed by atoms with E-state index in [0.717, 1.165) is 83.0 Å². The van der Waals surface area contributed by atoms with Gasteiger partial charge < -0.3 is 14.9 Å². The van der Waals surface area contributed by atoms with Crippen molar-refractivity contribution in [2.24, 2.45) is 22.7 Å². The predicted octanol–water partition coefficient (Wildman–Crippen LogP) is 4.56. The van der Waals surface area contributed by atoms with E-state index < -0.39 is 11.0 Å². The molecule has 1 aromatic rings. The second-order valence-electron chi connectivity index (χ2n) is 14.1. The van der Waals surface area contributed by atoms with Gasteiger partial charge in [0.1, 0.15) is 17.2 Å². The van der Waals surface area contributed by atoms with Crippen LogP contribution in [0.1, 0.15) is 71.6 Å². The Kier molecular flexibility index (Phi) is 6.70. The van der Waals surface area contributed by atoms with Crippen LogP contribution in [0.5, 0.6) is 0 Å². The van der Waals surface area contributed by atoms with Crippen molar-refractivity contribution in [1.82, 2.24) is 9.88 Å². The summed E-state index contributed by atoms with van der Waals surface area (Å²) in [5, 5.41) is 12.1. The van der Waals surface area contributed by atoms with Gasteiger partial charge in [0.15, 0.2) is 11.6 Å². The number of carbonyl (C=O) groups is 2. The molecule has 1 N–H and O–H groups in total. The second-order valence-corrected chi connectivity index (χ2v) is 14.1. The third-order valence-electron chi connectivity index (χ3n) is 12.2. The monoisotopic (exact) mass is 558 g/mol. The normalized spacial score (nSPS) is 37.3. The smallest absolute Gasteiger partial charge is 0.178 e. The molecule has 0 aromatic carbocycles. The molecule has 2 saturated carbocycles. The van der Waals surface area contributed by atoms with Gasteiger partial charge in [-0.3, -0.25) is 14.5 Å². The minimum atomic E-state index is -1.28. The molecule has 2 aliphatic heterocycles. The predicted molar refractivity (Wildman–Crippen MR) is 161 cm³/mol. The van der Waals surface area contributed by atoms with E-state index >= 15 is 0 Å². The Labute approximate surface area is 244 Å². The Morgan fingerprint density at radius 1 is 0.976 bits per heavy atom. The maximum absolute atomic E-state index is 13.9. The van der Waals surface area contributed by atoms with Crippen molar-refractivity contribution in [3.05, 3.63) is 41.5 Å². The Morgan fingerprint density at radius 2 is 1.68 bits per heavy atom. The Hall–Kier alpha value is -2.51. The summed E-state index contributed by atoms with van der Waals surface area (Å²) in [5.41, 5.74) is 1.07. The van der Waals surface area contributed by atoms with Gasteiger partial charge in [0.25, 0.3) is 0 Å². The number of piperazine rings is 1. The van der Waals surface area contributed by atoms with Crippen LogP contribution in [0.3, 0.4) is 0 Å². The van der Waals surface area contributed by atoms with Crippen molar-refractivity contribution >= 4 is 23.2 Å². The number of aromatic nitrogens is 1. The van der Waals surface area contributed by atoms with E-state index in [2.05, 4.69) is 52.8 Å². The van der Waals surface area contributed by atoms with Gasteiger partial charge in [-0.25, -0.2) is 4.98 Å². The number of pyridine rings is 1. The van der Waals surface area contributed by atoms with Crippen LogP contribution in [0.2, 0.25) is 0 Å². The van der Waals surface area contributed by atoms with Gasteiger partial charge in [-0.1, -0.05) is 37.1 Å². The maximum Gasteiger partial charge on any atom is 0.178 e. The molecule has 7 rings (SSSR count). The summed E-state index contributed by atoms with van der Waals surface area (Å²) in [6, 6.07) is 6.33.